The van der Waals surface area contributed by atoms with Gasteiger partial charge in [0, 0.05) is 62.8 Å². The number of methoxy groups -OCH3 is 1. The van der Waals surface area contributed by atoms with Crippen LogP contribution in [0.3, 0.4) is 0 Å². The second-order valence-corrected chi connectivity index (χ2v) is 13.2. The lowest BCUT2D eigenvalue weighted by atomic mass is 10.0. The van der Waals surface area contributed by atoms with E-state index in [9.17, 15) is 5.11 Å². The van der Waals surface area contributed by atoms with Crippen LogP contribution in [0, 0.1) is 0 Å². The van der Waals surface area contributed by atoms with Crippen LogP contribution in [-0.4, -0.2) is 43.7 Å². The first-order valence-electron chi connectivity index (χ1n) is 12.1. The molecule has 7 heteroatoms. The van der Waals surface area contributed by atoms with Crippen LogP contribution in [0.5, 0.6) is 0 Å². The molecule has 0 spiro atoms. The molecule has 3 heterocycles. The first-order chi connectivity index (χ1) is 17.1. The van der Waals surface area contributed by atoms with E-state index in [1.807, 2.05) is 55.3 Å². The van der Waals surface area contributed by atoms with E-state index >= 15 is 0 Å². The molecule has 0 amide bonds. The van der Waals surface area contributed by atoms with Gasteiger partial charge in [-0.3, -0.25) is 9.97 Å². The number of ether oxygens (including phenoxy) is 1. The zero-order valence-electron chi connectivity index (χ0n) is 21.7. The minimum Gasteiger partial charge on any atom is -0.387 e. The normalized spacial score (nSPS) is 13.7. The van der Waals surface area contributed by atoms with Crippen LogP contribution in [0.2, 0.25) is 0 Å². The highest BCUT2D eigenvalue weighted by Gasteiger charge is 2.29. The average Bonchev–Trinajstić information content (AvgIpc) is 3.09. The van der Waals surface area contributed by atoms with E-state index in [-0.39, 0.29) is 11.4 Å². The largest absolute Gasteiger partial charge is 0.387 e. The number of aromatic nitrogens is 3. The van der Waals surface area contributed by atoms with Crippen molar-refractivity contribution in [2.24, 2.45) is 0 Å². The second-order valence-electron chi connectivity index (χ2n) is 10.3. The van der Waals surface area contributed by atoms with Crippen LogP contribution in [0.4, 0.5) is 0 Å². The van der Waals surface area contributed by atoms with Crippen molar-refractivity contribution in [1.29, 1.82) is 0 Å². The molecular weight excluding hydrogens is 486 g/mol. The number of fused-ring (bicyclic) bond motifs is 1. The molecular formula is C29H35N3O2S2. The number of hydrogen-bond donors (Lipinski definition) is 1. The maximum absolute atomic E-state index is 11.2. The number of rotatable bonds is 10. The number of benzene rings is 1. The molecule has 0 saturated heterocycles. The Morgan fingerprint density at radius 3 is 2.25 bits per heavy atom. The molecule has 1 aromatic carbocycles. The molecule has 3 aromatic heterocycles. The highest BCUT2D eigenvalue weighted by atomic mass is 32.2. The quantitative estimate of drug-likeness (QED) is 0.237. The predicted molar refractivity (Wildman–Crippen MR) is 151 cm³/mol. The summed E-state index contributed by atoms with van der Waals surface area (Å²) in [5.74, 6) is 0.818. The smallest absolute Gasteiger partial charge is 0.0906 e. The lowest BCUT2D eigenvalue weighted by molar-refractivity contribution is -0.0175. The van der Waals surface area contributed by atoms with Gasteiger partial charge >= 0.3 is 0 Å². The zero-order valence-corrected chi connectivity index (χ0v) is 23.3. The van der Waals surface area contributed by atoms with Crippen LogP contribution in [0.25, 0.3) is 10.9 Å². The van der Waals surface area contributed by atoms with Crippen LogP contribution in [0.1, 0.15) is 44.8 Å². The molecule has 0 aliphatic carbocycles. The molecule has 4 rings (SSSR count). The van der Waals surface area contributed by atoms with Crippen molar-refractivity contribution >= 4 is 34.4 Å². The maximum Gasteiger partial charge on any atom is 0.0906 e. The molecule has 5 nitrogen and oxygen atoms in total. The van der Waals surface area contributed by atoms with Gasteiger partial charge < -0.3 is 14.4 Å². The van der Waals surface area contributed by atoms with E-state index in [1.165, 1.54) is 15.2 Å². The molecule has 1 unspecified atom stereocenters. The van der Waals surface area contributed by atoms with Gasteiger partial charge in [0.2, 0.25) is 0 Å². The van der Waals surface area contributed by atoms with Gasteiger partial charge in [-0.05, 0) is 49.4 Å². The number of thioether (sulfide) groups is 2. The molecule has 0 aliphatic heterocycles. The Morgan fingerprint density at radius 1 is 0.944 bits per heavy atom. The third-order valence-corrected chi connectivity index (χ3v) is 7.96. The molecule has 1 atom stereocenters. The maximum atomic E-state index is 11.2. The Bertz CT molecular complexity index is 1280. The van der Waals surface area contributed by atoms with Gasteiger partial charge in [0.25, 0.3) is 0 Å². The molecule has 190 valence electrons. The molecule has 36 heavy (non-hydrogen) atoms. The Kier molecular flexibility index (Phi) is 8.45. The number of pyridine rings is 2. The van der Waals surface area contributed by atoms with Gasteiger partial charge in [-0.25, -0.2) is 0 Å². The summed E-state index contributed by atoms with van der Waals surface area (Å²) < 4.78 is 7.68. The molecule has 0 fully saturated rings. The zero-order chi connectivity index (χ0) is 25.8. The van der Waals surface area contributed by atoms with Crippen molar-refractivity contribution < 1.29 is 9.84 Å². The Balaban J connectivity index is 1.83. The Labute approximate surface area is 222 Å². The standard InChI is InChI=1S/C29H35N3O2S2/c1-28(2,3)36-27-24-16-23(35-19-22-11-7-9-15-31-22)12-13-25(24)32(18-21-10-6-8-14-30-21)26(27)17-29(4,33)20-34-5/h6-16,33H,17-20H2,1-5H3. The van der Waals surface area contributed by atoms with Gasteiger partial charge in [-0.15, -0.1) is 23.5 Å². The second kappa shape index (κ2) is 11.4. The predicted octanol–water partition coefficient (Wildman–Crippen LogP) is 6.60. The topological polar surface area (TPSA) is 60.2 Å². The fourth-order valence-electron chi connectivity index (χ4n) is 4.24. The van der Waals surface area contributed by atoms with Crippen molar-refractivity contribution in [1.82, 2.24) is 14.5 Å². The van der Waals surface area contributed by atoms with Crippen LogP contribution < -0.4 is 0 Å². The lowest BCUT2D eigenvalue weighted by Crippen LogP contribution is -2.34. The summed E-state index contributed by atoms with van der Waals surface area (Å²) in [6.07, 6.45) is 4.16. The number of hydrogen-bond acceptors (Lipinski definition) is 6. The highest BCUT2D eigenvalue weighted by molar-refractivity contribution is 8.01. The molecule has 0 bridgehead atoms. The molecule has 0 aliphatic rings. The van der Waals surface area contributed by atoms with Crippen molar-refractivity contribution in [3.05, 3.63) is 84.1 Å². The van der Waals surface area contributed by atoms with E-state index in [0.717, 1.165) is 28.4 Å². The molecule has 0 radical (unpaired) electrons. The van der Waals surface area contributed by atoms with E-state index in [0.29, 0.717) is 13.0 Å². The summed E-state index contributed by atoms with van der Waals surface area (Å²) >= 11 is 3.65. The number of nitrogens with zero attached hydrogens (tertiary/aromatic N) is 3. The van der Waals surface area contributed by atoms with E-state index < -0.39 is 5.60 Å². The first-order valence-corrected chi connectivity index (χ1v) is 13.9. The highest BCUT2D eigenvalue weighted by Crippen LogP contribution is 2.43. The Hall–Kier alpha value is -2.32. The molecule has 4 aromatic rings. The summed E-state index contributed by atoms with van der Waals surface area (Å²) in [5, 5.41) is 12.4. The summed E-state index contributed by atoms with van der Waals surface area (Å²) in [4.78, 5) is 11.5. The minimum absolute atomic E-state index is 0.00306. The van der Waals surface area contributed by atoms with Gasteiger partial charge in [0.05, 0.1) is 30.1 Å². The van der Waals surface area contributed by atoms with Gasteiger partial charge in [-0.1, -0.05) is 32.9 Å². The molecule has 0 saturated carbocycles. The number of aliphatic hydroxyl groups is 1. The third-order valence-electron chi connectivity index (χ3n) is 5.66. The Morgan fingerprint density at radius 2 is 1.64 bits per heavy atom. The molecule has 1 N–H and O–H groups in total. The monoisotopic (exact) mass is 521 g/mol. The summed E-state index contributed by atoms with van der Waals surface area (Å²) in [5.41, 5.74) is 3.33. The fourth-order valence-corrected chi connectivity index (χ4v) is 6.28. The van der Waals surface area contributed by atoms with Crippen LogP contribution in [0.15, 0.2) is 76.8 Å². The van der Waals surface area contributed by atoms with Crippen molar-refractivity contribution in [3.63, 3.8) is 0 Å². The van der Waals surface area contributed by atoms with Crippen molar-refractivity contribution in [2.75, 3.05) is 13.7 Å². The van der Waals surface area contributed by atoms with Crippen LogP contribution >= 0.6 is 23.5 Å². The van der Waals surface area contributed by atoms with Crippen molar-refractivity contribution in [2.45, 2.75) is 66.6 Å². The van der Waals surface area contributed by atoms with Gasteiger partial charge in [0.15, 0.2) is 0 Å². The summed E-state index contributed by atoms with van der Waals surface area (Å²) in [6, 6.07) is 18.7. The van der Waals surface area contributed by atoms with E-state index in [4.69, 9.17) is 4.74 Å². The third kappa shape index (κ3) is 6.91. The fraction of sp³-hybridized carbons (Fsp3) is 0.379. The van der Waals surface area contributed by atoms with Crippen LogP contribution in [-0.2, 0) is 23.5 Å². The summed E-state index contributed by atoms with van der Waals surface area (Å²) in [6.45, 7) is 9.45. The van der Waals surface area contributed by atoms with E-state index in [1.54, 1.807) is 18.9 Å². The first kappa shape index (κ1) is 26.7. The minimum atomic E-state index is -0.991. The SMILES string of the molecule is COCC(C)(O)Cc1c(SC(C)(C)C)c2cc(SCc3ccccn3)ccc2n1Cc1ccccn1. The average molecular weight is 522 g/mol. The van der Waals surface area contributed by atoms with Crippen molar-refractivity contribution in [3.8, 4) is 0 Å². The summed E-state index contributed by atoms with van der Waals surface area (Å²) in [7, 11) is 1.63. The van der Waals surface area contributed by atoms with Gasteiger partial charge in [0.1, 0.15) is 0 Å². The van der Waals surface area contributed by atoms with E-state index in [2.05, 4.69) is 65.6 Å². The lowest BCUT2D eigenvalue weighted by Gasteiger charge is -2.25. The van der Waals surface area contributed by atoms with Gasteiger partial charge in [-0.2, -0.15) is 0 Å².